The number of rotatable bonds is 3. The number of aromatic nitrogens is 4. The van der Waals surface area contributed by atoms with Crippen LogP contribution in [0.2, 0.25) is 0 Å². The number of anilines is 2. The zero-order valence-corrected chi connectivity index (χ0v) is 16.7. The first kappa shape index (κ1) is 19.0. The second-order valence-electron chi connectivity index (χ2n) is 7.24. The maximum absolute atomic E-state index is 13.5. The van der Waals surface area contributed by atoms with E-state index >= 15 is 0 Å². The molecule has 8 nitrogen and oxygen atoms in total. The Bertz CT molecular complexity index is 1290. The summed E-state index contributed by atoms with van der Waals surface area (Å²) < 4.78 is 21.0. The number of carbonyl (C=O) groups excluding carboxylic acids is 1. The molecule has 4 heterocycles. The van der Waals surface area contributed by atoms with Crippen molar-refractivity contribution in [2.75, 3.05) is 23.8 Å². The number of nitrogens with two attached hydrogens (primary N) is 1. The van der Waals surface area contributed by atoms with Gasteiger partial charge in [-0.05, 0) is 36.8 Å². The number of carbonyl (C=O) groups is 1. The normalized spacial score (nSPS) is 14.8. The summed E-state index contributed by atoms with van der Waals surface area (Å²) in [6.07, 6.45) is 3.79. The molecule has 31 heavy (non-hydrogen) atoms. The topological polar surface area (TPSA) is 99.2 Å². The molecule has 1 atom stereocenters. The molecule has 2 N–H and O–H groups in total. The van der Waals surface area contributed by atoms with Crippen molar-refractivity contribution in [2.24, 2.45) is 0 Å². The molecular formula is C22H19FN6O2. The molecule has 3 aromatic heterocycles. The number of fused-ring (bicyclic) bond motifs is 2. The van der Waals surface area contributed by atoms with E-state index in [1.54, 1.807) is 23.2 Å². The standard InChI is InChI=1S/C22H19FN6O2/c1-13(23)14-2-4-16(5-3-14)28-7-6-15-10-17(11-25-20(15)28)29-8-9-31-21-18(22(29)30)19(24)26-12-27-21/h2-7,10-13H,8-9H2,1H3,(H2,24,26,27). The number of nitrogens with zero attached hydrogens (tertiary/aromatic N) is 5. The average Bonchev–Trinajstić information content (AvgIpc) is 3.11. The van der Waals surface area contributed by atoms with E-state index in [2.05, 4.69) is 15.0 Å². The van der Waals surface area contributed by atoms with E-state index < -0.39 is 6.17 Å². The second kappa shape index (κ2) is 7.35. The van der Waals surface area contributed by atoms with Crippen molar-refractivity contribution in [2.45, 2.75) is 13.1 Å². The van der Waals surface area contributed by atoms with E-state index in [0.29, 0.717) is 17.8 Å². The van der Waals surface area contributed by atoms with Gasteiger partial charge in [-0.1, -0.05) is 12.1 Å². The number of pyridine rings is 1. The van der Waals surface area contributed by atoms with E-state index in [1.165, 1.54) is 13.3 Å². The molecule has 0 bridgehead atoms. The van der Waals surface area contributed by atoms with Crippen molar-refractivity contribution in [3.63, 3.8) is 0 Å². The van der Waals surface area contributed by atoms with Crippen molar-refractivity contribution in [1.82, 2.24) is 19.5 Å². The largest absolute Gasteiger partial charge is 0.475 e. The quantitative estimate of drug-likeness (QED) is 0.547. The predicted molar refractivity (Wildman–Crippen MR) is 114 cm³/mol. The van der Waals surface area contributed by atoms with Gasteiger partial charge in [-0.15, -0.1) is 0 Å². The molecule has 4 aromatic rings. The molecule has 0 aliphatic carbocycles. The zero-order chi connectivity index (χ0) is 21.5. The molecule has 1 aliphatic rings. The first-order valence-corrected chi connectivity index (χ1v) is 9.79. The number of nitrogen functional groups attached to an aromatic ring is 1. The van der Waals surface area contributed by atoms with Gasteiger partial charge in [-0.25, -0.2) is 19.3 Å². The third kappa shape index (κ3) is 3.24. The average molecular weight is 418 g/mol. The van der Waals surface area contributed by atoms with Crippen molar-refractivity contribution in [1.29, 1.82) is 0 Å². The Morgan fingerprint density at radius 1 is 1.13 bits per heavy atom. The van der Waals surface area contributed by atoms with Crippen LogP contribution >= 0.6 is 0 Å². The summed E-state index contributed by atoms with van der Waals surface area (Å²) in [5, 5.41) is 0.857. The van der Waals surface area contributed by atoms with Crippen LogP contribution in [0.4, 0.5) is 15.9 Å². The van der Waals surface area contributed by atoms with E-state index in [9.17, 15) is 9.18 Å². The van der Waals surface area contributed by atoms with Crippen molar-refractivity contribution in [3.05, 3.63) is 66.2 Å². The smallest absolute Gasteiger partial charge is 0.267 e. The fourth-order valence-corrected chi connectivity index (χ4v) is 3.68. The van der Waals surface area contributed by atoms with Crippen LogP contribution in [-0.2, 0) is 0 Å². The summed E-state index contributed by atoms with van der Waals surface area (Å²) in [6, 6.07) is 11.0. The highest BCUT2D eigenvalue weighted by Crippen LogP contribution is 2.29. The summed E-state index contributed by atoms with van der Waals surface area (Å²) in [5.74, 6) is -0.0681. The number of benzene rings is 1. The zero-order valence-electron chi connectivity index (χ0n) is 16.7. The van der Waals surface area contributed by atoms with Gasteiger partial charge in [0.2, 0.25) is 5.88 Å². The Morgan fingerprint density at radius 3 is 2.71 bits per heavy atom. The van der Waals surface area contributed by atoms with Crippen LogP contribution < -0.4 is 15.4 Å². The van der Waals surface area contributed by atoms with Gasteiger partial charge in [0.05, 0.1) is 18.4 Å². The number of hydrogen-bond acceptors (Lipinski definition) is 6. The number of ether oxygens (including phenoxy) is 1. The number of alkyl halides is 1. The summed E-state index contributed by atoms with van der Waals surface area (Å²) in [5.41, 5.74) is 8.91. The third-order valence-corrected chi connectivity index (χ3v) is 5.31. The SMILES string of the molecule is CC(F)c1ccc(-n2ccc3cc(N4CCOc5ncnc(N)c5C4=O)cnc32)cc1. The molecule has 0 saturated heterocycles. The lowest BCUT2D eigenvalue weighted by atomic mass is 10.1. The van der Waals surface area contributed by atoms with Crippen molar-refractivity contribution in [3.8, 4) is 11.6 Å². The summed E-state index contributed by atoms with van der Waals surface area (Å²) in [4.78, 5) is 27.2. The van der Waals surface area contributed by atoms with Gasteiger partial charge in [0.1, 0.15) is 36.1 Å². The Balaban J connectivity index is 1.51. The minimum Gasteiger partial charge on any atom is -0.475 e. The molecule has 5 rings (SSSR count). The number of halogens is 1. The van der Waals surface area contributed by atoms with Crippen LogP contribution in [0.3, 0.4) is 0 Å². The molecule has 0 radical (unpaired) electrons. The molecule has 1 aromatic carbocycles. The van der Waals surface area contributed by atoms with Gasteiger partial charge >= 0.3 is 0 Å². The maximum Gasteiger partial charge on any atom is 0.267 e. The van der Waals surface area contributed by atoms with Gasteiger partial charge < -0.3 is 19.9 Å². The van der Waals surface area contributed by atoms with E-state index in [-0.39, 0.29) is 29.8 Å². The molecule has 1 aliphatic heterocycles. The van der Waals surface area contributed by atoms with Crippen LogP contribution in [0.25, 0.3) is 16.7 Å². The molecule has 1 amide bonds. The summed E-state index contributed by atoms with van der Waals surface area (Å²) >= 11 is 0. The van der Waals surface area contributed by atoms with E-state index in [1.807, 2.05) is 35.0 Å². The highest BCUT2D eigenvalue weighted by molar-refractivity contribution is 6.11. The minimum atomic E-state index is -1.02. The molecule has 9 heteroatoms. The lowest BCUT2D eigenvalue weighted by Crippen LogP contribution is -2.32. The molecule has 156 valence electrons. The number of hydrogen-bond donors (Lipinski definition) is 1. The van der Waals surface area contributed by atoms with Crippen LogP contribution in [-0.4, -0.2) is 38.6 Å². The highest BCUT2D eigenvalue weighted by atomic mass is 19.1. The fourth-order valence-electron chi connectivity index (χ4n) is 3.68. The second-order valence-corrected chi connectivity index (χ2v) is 7.24. The van der Waals surface area contributed by atoms with Crippen molar-refractivity contribution >= 4 is 28.4 Å². The Morgan fingerprint density at radius 2 is 1.94 bits per heavy atom. The van der Waals surface area contributed by atoms with Gasteiger partial charge in [0, 0.05) is 17.3 Å². The Labute approximate surface area is 177 Å². The molecule has 0 spiro atoms. The summed E-state index contributed by atoms with van der Waals surface area (Å²) in [7, 11) is 0. The van der Waals surface area contributed by atoms with E-state index in [0.717, 1.165) is 16.7 Å². The van der Waals surface area contributed by atoms with Crippen LogP contribution in [0, 0.1) is 0 Å². The fraction of sp³-hybridized carbons (Fsp3) is 0.182. The highest BCUT2D eigenvalue weighted by Gasteiger charge is 2.29. The third-order valence-electron chi connectivity index (χ3n) is 5.31. The van der Waals surface area contributed by atoms with Gasteiger partial charge in [0.15, 0.2) is 0 Å². The Hall–Kier alpha value is -4.01. The van der Waals surface area contributed by atoms with E-state index in [4.69, 9.17) is 10.5 Å². The van der Waals surface area contributed by atoms with Gasteiger partial charge in [0.25, 0.3) is 5.91 Å². The summed E-state index contributed by atoms with van der Waals surface area (Å²) in [6.45, 7) is 2.11. The first-order valence-electron chi connectivity index (χ1n) is 9.79. The molecule has 0 fully saturated rings. The van der Waals surface area contributed by atoms with Crippen molar-refractivity contribution < 1.29 is 13.9 Å². The molecule has 0 saturated carbocycles. The molecule has 1 unspecified atom stereocenters. The monoisotopic (exact) mass is 418 g/mol. The predicted octanol–water partition coefficient (Wildman–Crippen LogP) is 3.47. The van der Waals surface area contributed by atoms with Gasteiger partial charge in [-0.3, -0.25) is 4.79 Å². The van der Waals surface area contributed by atoms with Crippen LogP contribution in [0.5, 0.6) is 5.88 Å². The minimum absolute atomic E-state index is 0.0770. The lowest BCUT2D eigenvalue weighted by Gasteiger charge is -2.20. The maximum atomic E-state index is 13.5. The van der Waals surface area contributed by atoms with Crippen LogP contribution in [0.15, 0.2) is 55.1 Å². The first-order chi connectivity index (χ1) is 15.0. The number of amides is 1. The van der Waals surface area contributed by atoms with Crippen LogP contribution in [0.1, 0.15) is 29.0 Å². The van der Waals surface area contributed by atoms with Gasteiger partial charge in [-0.2, -0.15) is 0 Å². The Kier molecular flexibility index (Phi) is 4.50. The molecular weight excluding hydrogens is 399 g/mol. The lowest BCUT2D eigenvalue weighted by molar-refractivity contribution is 0.0990.